The number of hydrogen-bond acceptors (Lipinski definition) is 4. The van der Waals surface area contributed by atoms with Crippen LogP contribution in [0.2, 0.25) is 0 Å². The Morgan fingerprint density at radius 3 is 2.58 bits per heavy atom. The van der Waals surface area contributed by atoms with E-state index in [1.807, 2.05) is 6.07 Å². The highest BCUT2D eigenvalue weighted by atomic mass is 19.1. The molecule has 2 aromatic carbocycles. The number of hydrogen-bond donors (Lipinski definition) is 1. The van der Waals surface area contributed by atoms with Gasteiger partial charge in [0.05, 0.1) is 11.4 Å². The van der Waals surface area contributed by atoms with Crippen LogP contribution in [-0.4, -0.2) is 11.9 Å². The Kier molecular flexibility index (Phi) is 4.64. The van der Waals surface area contributed by atoms with Crippen LogP contribution in [0.15, 0.2) is 65.3 Å². The van der Waals surface area contributed by atoms with Gasteiger partial charge in [0.1, 0.15) is 5.82 Å². The van der Waals surface area contributed by atoms with Gasteiger partial charge in [0.15, 0.2) is 5.78 Å². The minimum atomic E-state index is -0.296. The summed E-state index contributed by atoms with van der Waals surface area (Å²) in [6.45, 7) is 0. The number of carbonyl (C=O) groups excluding carboxylic acids is 2. The minimum Gasteiger partial charge on any atom is -0.357 e. The van der Waals surface area contributed by atoms with E-state index in [4.69, 9.17) is 0 Å². The number of allylic oxidation sites excluding steroid dienone is 2. The molecule has 1 unspecified atom stereocenters. The predicted molar refractivity (Wildman–Crippen MR) is 89.3 cm³/mol. The number of nitrogens with zero attached hydrogens (tertiary/aromatic N) is 1. The van der Waals surface area contributed by atoms with Gasteiger partial charge < -0.3 is 5.32 Å². The number of anilines is 1. The van der Waals surface area contributed by atoms with E-state index in [1.54, 1.807) is 36.4 Å². The van der Waals surface area contributed by atoms with Crippen molar-refractivity contribution in [3.63, 3.8) is 0 Å². The average Bonchev–Trinajstić information content (AvgIpc) is 2.57. The molecular weight excluding hydrogens is 307 g/mol. The maximum absolute atomic E-state index is 13.1. The van der Waals surface area contributed by atoms with Crippen molar-refractivity contribution in [1.82, 2.24) is 0 Å². The summed E-state index contributed by atoms with van der Waals surface area (Å²) in [6, 6.07) is 13.3. The first-order valence-corrected chi connectivity index (χ1v) is 7.58. The number of ketones is 1. The maximum Gasteiger partial charge on any atom is 0.240 e. The van der Waals surface area contributed by atoms with Crippen LogP contribution < -0.4 is 5.32 Å². The number of rotatable bonds is 4. The Morgan fingerprint density at radius 2 is 1.83 bits per heavy atom. The summed E-state index contributed by atoms with van der Waals surface area (Å²) in [4.78, 5) is 26.2. The van der Waals surface area contributed by atoms with Crippen molar-refractivity contribution >= 4 is 23.2 Å². The van der Waals surface area contributed by atoms with Gasteiger partial charge in [0.2, 0.25) is 6.08 Å². The summed E-state index contributed by atoms with van der Waals surface area (Å²) in [7, 11) is 0. The molecule has 0 amide bonds. The van der Waals surface area contributed by atoms with Gasteiger partial charge in [-0.25, -0.2) is 9.18 Å². The second kappa shape index (κ2) is 7.02. The molecule has 0 bridgehead atoms. The van der Waals surface area contributed by atoms with Crippen LogP contribution in [-0.2, 0) is 9.59 Å². The van der Waals surface area contributed by atoms with Crippen molar-refractivity contribution in [3.05, 3.63) is 71.7 Å². The fourth-order valence-corrected chi connectivity index (χ4v) is 2.85. The Bertz CT molecular complexity index is 837. The predicted octanol–water partition coefficient (Wildman–Crippen LogP) is 4.24. The third-order valence-corrected chi connectivity index (χ3v) is 3.96. The monoisotopic (exact) mass is 322 g/mol. The maximum atomic E-state index is 13.1. The lowest BCUT2D eigenvalue weighted by molar-refractivity contribution is -0.115. The number of carbonyl (C=O) groups is 1. The van der Waals surface area contributed by atoms with Crippen molar-refractivity contribution in [1.29, 1.82) is 0 Å². The van der Waals surface area contributed by atoms with E-state index >= 15 is 0 Å². The van der Waals surface area contributed by atoms with Crippen molar-refractivity contribution in [2.75, 3.05) is 5.32 Å². The fourth-order valence-electron chi connectivity index (χ4n) is 2.85. The number of nitrogens with one attached hydrogen (secondary N) is 1. The second-order valence-corrected chi connectivity index (χ2v) is 5.64. The van der Waals surface area contributed by atoms with Crippen molar-refractivity contribution in [3.8, 4) is 0 Å². The minimum absolute atomic E-state index is 0.00710. The third-order valence-electron chi connectivity index (χ3n) is 3.96. The molecule has 0 spiro atoms. The molecule has 0 fully saturated rings. The van der Waals surface area contributed by atoms with Crippen LogP contribution in [0.4, 0.5) is 15.8 Å². The summed E-state index contributed by atoms with van der Waals surface area (Å²) >= 11 is 0. The molecule has 0 aliphatic heterocycles. The Morgan fingerprint density at radius 1 is 1.08 bits per heavy atom. The zero-order valence-corrected chi connectivity index (χ0v) is 12.8. The molecule has 5 heteroatoms. The van der Waals surface area contributed by atoms with Crippen LogP contribution in [0.5, 0.6) is 0 Å². The first-order valence-electron chi connectivity index (χ1n) is 7.58. The summed E-state index contributed by atoms with van der Waals surface area (Å²) in [5.41, 5.74) is 2.77. The summed E-state index contributed by atoms with van der Waals surface area (Å²) in [6.07, 6.45) is 4.11. The van der Waals surface area contributed by atoms with Crippen LogP contribution in [0.25, 0.3) is 0 Å². The standard InChI is InChI=1S/C19H15FN2O2/c20-15-7-5-13(6-8-15)14-9-16(11-17(24)10-14)22-19-4-2-1-3-18(19)21-12-23/h1-8,11,14,22H,9-10H2. The molecule has 120 valence electrons. The van der Waals surface area contributed by atoms with Crippen LogP contribution in [0, 0.1) is 5.82 Å². The molecule has 0 aromatic heterocycles. The van der Waals surface area contributed by atoms with E-state index in [9.17, 15) is 14.0 Å². The summed E-state index contributed by atoms with van der Waals surface area (Å²) < 4.78 is 13.1. The number of isocyanates is 1. The highest BCUT2D eigenvalue weighted by Crippen LogP contribution is 2.33. The summed E-state index contributed by atoms with van der Waals surface area (Å²) in [5.74, 6) is -0.294. The zero-order valence-electron chi connectivity index (χ0n) is 12.8. The first kappa shape index (κ1) is 15.8. The Balaban J connectivity index is 1.82. The van der Waals surface area contributed by atoms with E-state index < -0.39 is 0 Å². The van der Waals surface area contributed by atoms with Gasteiger partial charge in [-0.05, 0) is 42.2 Å². The van der Waals surface area contributed by atoms with Crippen molar-refractivity contribution in [2.24, 2.45) is 4.99 Å². The van der Waals surface area contributed by atoms with Gasteiger partial charge in [-0.2, -0.15) is 4.99 Å². The molecule has 0 saturated heterocycles. The van der Waals surface area contributed by atoms with Gasteiger partial charge in [-0.1, -0.05) is 24.3 Å². The van der Waals surface area contributed by atoms with E-state index in [0.717, 1.165) is 11.3 Å². The average molecular weight is 322 g/mol. The van der Waals surface area contributed by atoms with Gasteiger partial charge in [-0.15, -0.1) is 0 Å². The molecule has 2 aromatic rings. The van der Waals surface area contributed by atoms with Crippen molar-refractivity contribution < 1.29 is 14.0 Å². The van der Waals surface area contributed by atoms with Gasteiger partial charge in [-0.3, -0.25) is 4.79 Å². The van der Waals surface area contributed by atoms with Crippen molar-refractivity contribution in [2.45, 2.75) is 18.8 Å². The van der Waals surface area contributed by atoms with Crippen LogP contribution in [0.3, 0.4) is 0 Å². The Hall–Kier alpha value is -3.04. The quantitative estimate of drug-likeness (QED) is 0.677. The molecule has 1 aliphatic rings. The van der Waals surface area contributed by atoms with E-state index in [0.29, 0.717) is 24.2 Å². The molecule has 1 atom stereocenters. The van der Waals surface area contributed by atoms with E-state index in [-0.39, 0.29) is 17.5 Å². The van der Waals surface area contributed by atoms with E-state index in [2.05, 4.69) is 10.3 Å². The topological polar surface area (TPSA) is 58.5 Å². The number of halogens is 1. The molecule has 0 saturated carbocycles. The summed E-state index contributed by atoms with van der Waals surface area (Å²) in [5, 5.41) is 3.17. The highest BCUT2D eigenvalue weighted by molar-refractivity contribution is 5.92. The van der Waals surface area contributed by atoms with E-state index in [1.165, 1.54) is 18.2 Å². The molecule has 3 rings (SSSR count). The normalized spacial score (nSPS) is 17.0. The molecular formula is C19H15FN2O2. The molecule has 1 N–H and O–H groups in total. The van der Waals surface area contributed by atoms with Gasteiger partial charge in [0.25, 0.3) is 0 Å². The largest absolute Gasteiger partial charge is 0.357 e. The second-order valence-electron chi connectivity index (χ2n) is 5.64. The number of para-hydroxylation sites is 2. The molecule has 24 heavy (non-hydrogen) atoms. The molecule has 4 nitrogen and oxygen atoms in total. The number of aliphatic imine (C=N–C) groups is 1. The molecule has 1 aliphatic carbocycles. The van der Waals surface area contributed by atoms with Gasteiger partial charge >= 0.3 is 0 Å². The van der Waals surface area contributed by atoms with Crippen LogP contribution in [0.1, 0.15) is 24.3 Å². The third kappa shape index (κ3) is 3.65. The van der Waals surface area contributed by atoms with Crippen LogP contribution >= 0.6 is 0 Å². The lowest BCUT2D eigenvalue weighted by atomic mass is 9.85. The first-order chi connectivity index (χ1) is 11.7. The molecule has 0 radical (unpaired) electrons. The van der Waals surface area contributed by atoms with Gasteiger partial charge in [0, 0.05) is 18.2 Å². The SMILES string of the molecule is O=C=Nc1ccccc1NC1=CC(=O)CC(c2ccc(F)cc2)C1. The highest BCUT2D eigenvalue weighted by Gasteiger charge is 2.22. The zero-order chi connectivity index (χ0) is 16.9. The lowest BCUT2D eigenvalue weighted by Gasteiger charge is -2.23. The fraction of sp³-hybridized carbons (Fsp3) is 0.158. The Labute approximate surface area is 138 Å². The molecule has 0 heterocycles. The lowest BCUT2D eigenvalue weighted by Crippen LogP contribution is -2.16. The number of benzene rings is 2. The smallest absolute Gasteiger partial charge is 0.240 e.